The molecule has 1 N–H and O–H groups in total. The van der Waals surface area contributed by atoms with Crippen molar-refractivity contribution in [3.8, 4) is 0 Å². The highest BCUT2D eigenvalue weighted by molar-refractivity contribution is 5.88. The van der Waals surface area contributed by atoms with Crippen LogP contribution in [0.3, 0.4) is 0 Å². The normalized spacial score (nSPS) is 15.9. The molecule has 0 saturated carbocycles. The van der Waals surface area contributed by atoms with E-state index in [1.165, 1.54) is 26.2 Å². The summed E-state index contributed by atoms with van der Waals surface area (Å²) in [5, 5.41) is 2.71. The Kier molecular flexibility index (Phi) is 3.39. The SMILES string of the molecule is CC(=O)Nc1ccc(N2CCCCC2)nc1. The Morgan fingerprint density at radius 2 is 2.06 bits per heavy atom. The van der Waals surface area contributed by atoms with E-state index in [0.717, 1.165) is 24.6 Å². The maximum absolute atomic E-state index is 10.9. The lowest BCUT2D eigenvalue weighted by molar-refractivity contribution is -0.114. The first-order chi connectivity index (χ1) is 7.75. The van der Waals surface area contributed by atoms with E-state index in [9.17, 15) is 4.79 Å². The lowest BCUT2D eigenvalue weighted by Gasteiger charge is -2.27. The summed E-state index contributed by atoms with van der Waals surface area (Å²) in [6.07, 6.45) is 5.52. The van der Waals surface area contributed by atoms with Crippen LogP contribution >= 0.6 is 0 Å². The topological polar surface area (TPSA) is 45.2 Å². The fourth-order valence-corrected chi connectivity index (χ4v) is 1.97. The Bertz CT molecular complexity index is 355. The number of aromatic nitrogens is 1. The van der Waals surface area contributed by atoms with Crippen molar-refractivity contribution in [2.75, 3.05) is 23.3 Å². The number of rotatable bonds is 2. The number of piperidine rings is 1. The summed E-state index contributed by atoms with van der Waals surface area (Å²) < 4.78 is 0. The first-order valence-electron chi connectivity index (χ1n) is 5.74. The second kappa shape index (κ2) is 4.96. The average molecular weight is 219 g/mol. The van der Waals surface area contributed by atoms with E-state index in [-0.39, 0.29) is 5.91 Å². The molecule has 1 aliphatic rings. The summed E-state index contributed by atoms with van der Waals surface area (Å²) in [4.78, 5) is 17.5. The van der Waals surface area contributed by atoms with E-state index in [1.807, 2.05) is 12.1 Å². The Morgan fingerprint density at radius 3 is 2.62 bits per heavy atom. The molecule has 0 spiro atoms. The van der Waals surface area contributed by atoms with E-state index < -0.39 is 0 Å². The van der Waals surface area contributed by atoms with Gasteiger partial charge in [-0.2, -0.15) is 0 Å². The van der Waals surface area contributed by atoms with Gasteiger partial charge in [0.05, 0.1) is 11.9 Å². The zero-order valence-electron chi connectivity index (χ0n) is 9.57. The van der Waals surface area contributed by atoms with Crippen LogP contribution in [0.5, 0.6) is 0 Å². The van der Waals surface area contributed by atoms with Crippen LogP contribution in [0.25, 0.3) is 0 Å². The number of nitrogens with one attached hydrogen (secondary N) is 1. The minimum Gasteiger partial charge on any atom is -0.357 e. The first-order valence-corrected chi connectivity index (χ1v) is 5.74. The van der Waals surface area contributed by atoms with Crippen LogP contribution in [0.4, 0.5) is 11.5 Å². The van der Waals surface area contributed by atoms with Crippen molar-refractivity contribution in [3.63, 3.8) is 0 Å². The molecular weight excluding hydrogens is 202 g/mol. The highest BCUT2D eigenvalue weighted by atomic mass is 16.1. The molecule has 0 aromatic carbocycles. The average Bonchev–Trinajstić information content (AvgIpc) is 2.30. The molecule has 2 rings (SSSR count). The monoisotopic (exact) mass is 219 g/mol. The third kappa shape index (κ3) is 2.72. The van der Waals surface area contributed by atoms with Crippen molar-refractivity contribution in [1.29, 1.82) is 0 Å². The van der Waals surface area contributed by atoms with Crippen LogP contribution in [-0.2, 0) is 4.79 Å². The van der Waals surface area contributed by atoms with Crippen molar-refractivity contribution in [1.82, 2.24) is 4.98 Å². The van der Waals surface area contributed by atoms with Crippen LogP contribution in [0.2, 0.25) is 0 Å². The van der Waals surface area contributed by atoms with Gasteiger partial charge >= 0.3 is 0 Å². The molecule has 4 nitrogen and oxygen atoms in total. The van der Waals surface area contributed by atoms with Gasteiger partial charge in [0, 0.05) is 20.0 Å². The summed E-state index contributed by atoms with van der Waals surface area (Å²) in [5.41, 5.74) is 0.758. The van der Waals surface area contributed by atoms with Gasteiger partial charge in [0.1, 0.15) is 5.82 Å². The van der Waals surface area contributed by atoms with Crippen molar-refractivity contribution < 1.29 is 4.79 Å². The number of carbonyl (C=O) groups excluding carboxylic acids is 1. The summed E-state index contributed by atoms with van der Waals surface area (Å²) in [6, 6.07) is 3.87. The minimum atomic E-state index is -0.0625. The second-order valence-corrected chi connectivity index (χ2v) is 4.13. The van der Waals surface area contributed by atoms with Gasteiger partial charge in [-0.1, -0.05) is 0 Å². The highest BCUT2D eigenvalue weighted by Gasteiger charge is 2.11. The maximum Gasteiger partial charge on any atom is 0.221 e. The lowest BCUT2D eigenvalue weighted by atomic mass is 10.1. The van der Waals surface area contributed by atoms with Gasteiger partial charge in [-0.3, -0.25) is 4.79 Å². The number of anilines is 2. The summed E-state index contributed by atoms with van der Waals surface area (Å²) in [6.45, 7) is 3.68. The summed E-state index contributed by atoms with van der Waals surface area (Å²) in [5.74, 6) is 0.946. The number of carbonyl (C=O) groups is 1. The number of hydrogen-bond acceptors (Lipinski definition) is 3. The molecule has 2 heterocycles. The molecule has 0 unspecified atom stereocenters. The molecule has 86 valence electrons. The summed E-state index contributed by atoms with van der Waals surface area (Å²) in [7, 11) is 0. The molecule has 1 amide bonds. The van der Waals surface area contributed by atoms with E-state index in [0.29, 0.717) is 0 Å². The molecule has 0 radical (unpaired) electrons. The summed E-state index contributed by atoms with van der Waals surface area (Å²) >= 11 is 0. The van der Waals surface area contributed by atoms with Gasteiger partial charge in [-0.25, -0.2) is 4.98 Å². The number of nitrogens with zero attached hydrogens (tertiary/aromatic N) is 2. The van der Waals surface area contributed by atoms with Crippen LogP contribution in [0.15, 0.2) is 18.3 Å². The quantitative estimate of drug-likeness (QED) is 0.827. The second-order valence-electron chi connectivity index (χ2n) is 4.13. The van der Waals surface area contributed by atoms with Crippen LogP contribution in [-0.4, -0.2) is 24.0 Å². The third-order valence-corrected chi connectivity index (χ3v) is 2.75. The van der Waals surface area contributed by atoms with Gasteiger partial charge in [0.15, 0.2) is 0 Å². The van der Waals surface area contributed by atoms with Gasteiger partial charge in [-0.05, 0) is 31.4 Å². The van der Waals surface area contributed by atoms with Gasteiger partial charge in [-0.15, -0.1) is 0 Å². The van der Waals surface area contributed by atoms with Crippen LogP contribution in [0, 0.1) is 0 Å². The first kappa shape index (κ1) is 10.9. The smallest absolute Gasteiger partial charge is 0.221 e. The molecule has 0 atom stereocenters. The fourth-order valence-electron chi connectivity index (χ4n) is 1.97. The molecule has 1 aliphatic heterocycles. The zero-order valence-corrected chi connectivity index (χ0v) is 9.57. The van der Waals surface area contributed by atoms with Gasteiger partial charge in [0.2, 0.25) is 5.91 Å². The van der Waals surface area contributed by atoms with Gasteiger partial charge < -0.3 is 10.2 Å². The van der Waals surface area contributed by atoms with E-state index in [2.05, 4.69) is 15.2 Å². The van der Waals surface area contributed by atoms with Crippen molar-refractivity contribution in [2.45, 2.75) is 26.2 Å². The Balaban J connectivity index is 2.03. The predicted octanol–water partition coefficient (Wildman–Crippen LogP) is 2.03. The lowest BCUT2D eigenvalue weighted by Crippen LogP contribution is -2.30. The van der Waals surface area contributed by atoms with E-state index in [4.69, 9.17) is 0 Å². The molecule has 4 heteroatoms. The Labute approximate surface area is 95.7 Å². The van der Waals surface area contributed by atoms with Crippen LogP contribution < -0.4 is 10.2 Å². The zero-order chi connectivity index (χ0) is 11.4. The molecule has 1 aromatic rings. The van der Waals surface area contributed by atoms with Crippen molar-refractivity contribution in [3.05, 3.63) is 18.3 Å². The minimum absolute atomic E-state index is 0.0625. The maximum atomic E-state index is 10.9. The number of hydrogen-bond donors (Lipinski definition) is 1. The molecule has 0 bridgehead atoms. The van der Waals surface area contributed by atoms with Crippen molar-refractivity contribution >= 4 is 17.4 Å². The molecule has 1 saturated heterocycles. The molecule has 0 aliphatic carbocycles. The molecule has 1 fully saturated rings. The third-order valence-electron chi connectivity index (χ3n) is 2.75. The Hall–Kier alpha value is -1.58. The number of pyridine rings is 1. The fraction of sp³-hybridized carbons (Fsp3) is 0.500. The highest BCUT2D eigenvalue weighted by Crippen LogP contribution is 2.18. The predicted molar refractivity (Wildman–Crippen MR) is 64.6 cm³/mol. The van der Waals surface area contributed by atoms with E-state index >= 15 is 0 Å². The van der Waals surface area contributed by atoms with Crippen LogP contribution in [0.1, 0.15) is 26.2 Å². The largest absolute Gasteiger partial charge is 0.357 e. The molecule has 1 aromatic heterocycles. The Morgan fingerprint density at radius 1 is 1.31 bits per heavy atom. The number of amides is 1. The standard InChI is InChI=1S/C12H17N3O/c1-10(16)14-11-5-6-12(13-9-11)15-7-3-2-4-8-15/h5-6,9H,2-4,7-8H2,1H3,(H,14,16). The van der Waals surface area contributed by atoms with Crippen molar-refractivity contribution in [2.24, 2.45) is 0 Å². The molecule has 16 heavy (non-hydrogen) atoms. The molecular formula is C12H17N3O. The van der Waals surface area contributed by atoms with E-state index in [1.54, 1.807) is 6.20 Å². The van der Waals surface area contributed by atoms with Gasteiger partial charge in [0.25, 0.3) is 0 Å².